The highest BCUT2D eigenvalue weighted by Crippen LogP contribution is 2.14. The van der Waals surface area contributed by atoms with Crippen LogP contribution in [0.4, 0.5) is 0 Å². The highest BCUT2D eigenvalue weighted by atomic mass is 14.5. The molecule has 0 unspecified atom stereocenters. The van der Waals surface area contributed by atoms with E-state index >= 15 is 0 Å². The lowest BCUT2D eigenvalue weighted by molar-refractivity contribution is 0.695. The van der Waals surface area contributed by atoms with Gasteiger partial charge in [0, 0.05) is 0 Å². The summed E-state index contributed by atoms with van der Waals surface area (Å²) in [5.74, 6) is 0. The molecule has 3 nitrogen and oxygen atoms in total. The molecular formula is C12H27N3. The quantitative estimate of drug-likeness (QED) is 0.380. The maximum Gasteiger partial charge on any atom is -0.00742 e. The smallest absolute Gasteiger partial charge is 0.00742 e. The van der Waals surface area contributed by atoms with E-state index in [9.17, 15) is 0 Å². The van der Waals surface area contributed by atoms with Gasteiger partial charge in [0.15, 0.2) is 0 Å². The lowest BCUT2D eigenvalue weighted by Gasteiger charge is -2.06. The molecule has 3 heteroatoms. The van der Waals surface area contributed by atoms with E-state index in [0.29, 0.717) is 0 Å². The van der Waals surface area contributed by atoms with Crippen molar-refractivity contribution in [3.63, 3.8) is 0 Å². The highest BCUT2D eigenvalue weighted by molar-refractivity contribution is 5.02. The van der Waals surface area contributed by atoms with Crippen LogP contribution in [-0.2, 0) is 0 Å². The molecule has 15 heavy (non-hydrogen) atoms. The monoisotopic (exact) mass is 213 g/mol. The predicted molar refractivity (Wildman–Crippen MR) is 67.6 cm³/mol. The molecule has 0 aromatic carbocycles. The summed E-state index contributed by atoms with van der Waals surface area (Å²) in [6, 6.07) is 0. The molecule has 0 atom stereocenters. The number of allylic oxidation sites excluding steroid dienone is 2. The first-order chi connectivity index (χ1) is 7.35. The average Bonchev–Trinajstić information content (AvgIpc) is 2.25. The minimum atomic E-state index is 0.781. The van der Waals surface area contributed by atoms with Crippen molar-refractivity contribution in [2.45, 2.75) is 44.9 Å². The fourth-order valence-corrected chi connectivity index (χ4v) is 1.58. The zero-order valence-electron chi connectivity index (χ0n) is 9.88. The van der Waals surface area contributed by atoms with Gasteiger partial charge in [0.2, 0.25) is 0 Å². The molecule has 0 saturated carbocycles. The van der Waals surface area contributed by atoms with Gasteiger partial charge in [-0.3, -0.25) is 0 Å². The molecule has 0 aliphatic carbocycles. The maximum atomic E-state index is 5.52. The molecule has 0 heterocycles. The molecule has 0 aromatic heterocycles. The van der Waals surface area contributed by atoms with Crippen molar-refractivity contribution >= 4 is 0 Å². The molecule has 0 aliphatic heterocycles. The molecule has 0 fully saturated rings. The summed E-state index contributed by atoms with van der Waals surface area (Å²) in [5.41, 5.74) is 18.0. The van der Waals surface area contributed by atoms with Crippen LogP contribution in [0.2, 0.25) is 0 Å². The Morgan fingerprint density at radius 2 is 1.33 bits per heavy atom. The minimum absolute atomic E-state index is 0.781. The Hall–Kier alpha value is -0.380. The average molecular weight is 213 g/mol. The second kappa shape index (κ2) is 11.7. The van der Waals surface area contributed by atoms with E-state index in [1.54, 1.807) is 5.57 Å². The van der Waals surface area contributed by atoms with Gasteiger partial charge in [0.05, 0.1) is 0 Å². The second-order valence-electron chi connectivity index (χ2n) is 3.93. The van der Waals surface area contributed by atoms with E-state index in [4.69, 9.17) is 17.2 Å². The van der Waals surface area contributed by atoms with Crippen LogP contribution in [0.1, 0.15) is 44.9 Å². The lowest BCUT2D eigenvalue weighted by atomic mass is 10.0. The zero-order chi connectivity index (χ0) is 11.4. The Labute approximate surface area is 94.1 Å². The van der Waals surface area contributed by atoms with Crippen LogP contribution in [0.25, 0.3) is 0 Å². The number of unbranched alkanes of at least 4 members (excludes halogenated alkanes) is 2. The molecular weight excluding hydrogens is 186 g/mol. The summed E-state index contributed by atoms with van der Waals surface area (Å²) in [4.78, 5) is 0. The van der Waals surface area contributed by atoms with Crippen molar-refractivity contribution in [1.82, 2.24) is 0 Å². The molecule has 6 N–H and O–H groups in total. The van der Waals surface area contributed by atoms with Gasteiger partial charge in [-0.25, -0.2) is 0 Å². The summed E-state index contributed by atoms with van der Waals surface area (Å²) in [6.07, 6.45) is 10.3. The molecule has 0 saturated heterocycles. The predicted octanol–water partition coefficient (Wildman–Crippen LogP) is 1.52. The lowest BCUT2D eigenvalue weighted by Crippen LogP contribution is -2.01. The van der Waals surface area contributed by atoms with E-state index in [-0.39, 0.29) is 0 Å². The second-order valence-corrected chi connectivity index (χ2v) is 3.93. The summed E-state index contributed by atoms with van der Waals surface area (Å²) in [6.45, 7) is 2.36. The van der Waals surface area contributed by atoms with Crippen LogP contribution < -0.4 is 17.2 Å². The van der Waals surface area contributed by atoms with E-state index < -0.39 is 0 Å². The Morgan fingerprint density at radius 1 is 0.733 bits per heavy atom. The third-order valence-corrected chi connectivity index (χ3v) is 2.50. The number of hydrogen-bond donors (Lipinski definition) is 3. The van der Waals surface area contributed by atoms with Gasteiger partial charge in [-0.1, -0.05) is 11.6 Å². The largest absolute Gasteiger partial charge is 0.330 e. The summed E-state index contributed by atoms with van der Waals surface area (Å²) in [5, 5.41) is 0. The van der Waals surface area contributed by atoms with Gasteiger partial charge in [0.1, 0.15) is 0 Å². The number of hydrogen-bond acceptors (Lipinski definition) is 3. The van der Waals surface area contributed by atoms with Crippen LogP contribution in [0.5, 0.6) is 0 Å². The first-order valence-corrected chi connectivity index (χ1v) is 6.13. The molecule has 0 spiro atoms. The van der Waals surface area contributed by atoms with E-state index in [0.717, 1.165) is 51.7 Å². The highest BCUT2D eigenvalue weighted by Gasteiger charge is 1.97. The van der Waals surface area contributed by atoms with Gasteiger partial charge in [-0.15, -0.1) is 0 Å². The van der Waals surface area contributed by atoms with Crippen molar-refractivity contribution < 1.29 is 0 Å². The first kappa shape index (κ1) is 14.6. The topological polar surface area (TPSA) is 78.1 Å². The summed E-state index contributed by atoms with van der Waals surface area (Å²) in [7, 11) is 0. The van der Waals surface area contributed by atoms with Crippen molar-refractivity contribution in [3.8, 4) is 0 Å². The normalized spacial score (nSPS) is 12.1. The van der Waals surface area contributed by atoms with Crippen molar-refractivity contribution in [2.75, 3.05) is 19.6 Å². The SMILES string of the molecule is NCCC/C=C(/CCCN)CCCCN. The van der Waals surface area contributed by atoms with Crippen LogP contribution in [0.3, 0.4) is 0 Å². The molecule has 90 valence electrons. The molecule has 0 radical (unpaired) electrons. The van der Waals surface area contributed by atoms with Crippen molar-refractivity contribution in [1.29, 1.82) is 0 Å². The van der Waals surface area contributed by atoms with E-state index in [2.05, 4.69) is 6.08 Å². The molecule has 0 amide bonds. The minimum Gasteiger partial charge on any atom is -0.330 e. The number of rotatable bonds is 10. The Kier molecular flexibility index (Phi) is 11.4. The van der Waals surface area contributed by atoms with Crippen LogP contribution in [0, 0.1) is 0 Å². The van der Waals surface area contributed by atoms with Crippen LogP contribution in [0.15, 0.2) is 11.6 Å². The van der Waals surface area contributed by atoms with Gasteiger partial charge in [0.25, 0.3) is 0 Å². The fraction of sp³-hybridized carbons (Fsp3) is 0.833. The van der Waals surface area contributed by atoms with E-state index in [1.165, 1.54) is 12.8 Å². The van der Waals surface area contributed by atoms with Crippen LogP contribution in [-0.4, -0.2) is 19.6 Å². The van der Waals surface area contributed by atoms with Gasteiger partial charge < -0.3 is 17.2 Å². The Balaban J connectivity index is 3.76. The summed E-state index contributed by atoms with van der Waals surface area (Å²) < 4.78 is 0. The van der Waals surface area contributed by atoms with Crippen molar-refractivity contribution in [3.05, 3.63) is 11.6 Å². The van der Waals surface area contributed by atoms with Gasteiger partial charge in [-0.05, 0) is 64.6 Å². The van der Waals surface area contributed by atoms with Crippen molar-refractivity contribution in [2.24, 2.45) is 17.2 Å². The molecule has 0 rings (SSSR count). The Morgan fingerprint density at radius 3 is 1.93 bits per heavy atom. The maximum absolute atomic E-state index is 5.52. The molecule has 0 aliphatic rings. The third-order valence-electron chi connectivity index (χ3n) is 2.50. The standard InChI is InChI=1S/C12H27N3/c13-9-3-1-6-12(8-5-11-15)7-2-4-10-14/h6H,1-5,7-11,13-15H2/b12-6+. The van der Waals surface area contributed by atoms with Gasteiger partial charge >= 0.3 is 0 Å². The fourth-order valence-electron chi connectivity index (χ4n) is 1.58. The molecule has 0 bridgehead atoms. The first-order valence-electron chi connectivity index (χ1n) is 6.13. The Bertz CT molecular complexity index is 155. The molecule has 0 aromatic rings. The van der Waals surface area contributed by atoms with Gasteiger partial charge in [-0.2, -0.15) is 0 Å². The van der Waals surface area contributed by atoms with E-state index in [1.807, 2.05) is 0 Å². The number of nitrogens with two attached hydrogens (primary N) is 3. The summed E-state index contributed by atoms with van der Waals surface area (Å²) >= 11 is 0. The van der Waals surface area contributed by atoms with Crippen LogP contribution >= 0.6 is 0 Å². The zero-order valence-corrected chi connectivity index (χ0v) is 9.88. The third kappa shape index (κ3) is 9.91.